The molecule has 1 N–H and O–H groups in total. The largest absolute Gasteiger partial charge is 0.493 e. The Morgan fingerprint density at radius 3 is 2.68 bits per heavy atom. The van der Waals surface area contributed by atoms with Gasteiger partial charge in [0.1, 0.15) is 0 Å². The zero-order valence-electron chi connectivity index (χ0n) is 13.2. The van der Waals surface area contributed by atoms with E-state index in [2.05, 4.69) is 10.2 Å². The van der Waals surface area contributed by atoms with E-state index in [1.807, 2.05) is 12.1 Å². The summed E-state index contributed by atoms with van der Waals surface area (Å²) in [6.45, 7) is 6.54. The summed E-state index contributed by atoms with van der Waals surface area (Å²) in [5, 5.41) is 2.90. The molecule has 6 nitrogen and oxygen atoms in total. The van der Waals surface area contributed by atoms with Crippen LogP contribution >= 0.6 is 0 Å². The number of rotatable bonds is 7. The van der Waals surface area contributed by atoms with Crippen molar-refractivity contribution in [2.45, 2.75) is 13.0 Å². The number of carbonyl (C=O) groups is 1. The quantitative estimate of drug-likeness (QED) is 0.811. The fourth-order valence-corrected chi connectivity index (χ4v) is 2.27. The van der Waals surface area contributed by atoms with Crippen LogP contribution in [0.2, 0.25) is 0 Å². The molecule has 22 heavy (non-hydrogen) atoms. The number of benzene rings is 1. The summed E-state index contributed by atoms with van der Waals surface area (Å²) in [7, 11) is 1.58. The van der Waals surface area contributed by atoms with E-state index in [0.717, 1.165) is 32.8 Å². The van der Waals surface area contributed by atoms with Gasteiger partial charge in [-0.3, -0.25) is 9.69 Å². The van der Waals surface area contributed by atoms with Gasteiger partial charge in [0.2, 0.25) is 0 Å². The standard InChI is InChI=1S/C16H24N2O4/c1-13(22-15-6-4-3-5-14(15)20-2)16(19)17-7-8-18-9-11-21-12-10-18/h3-6,13H,7-12H2,1-2H3,(H,17,19)/t13-/m1/s1. The molecule has 0 aliphatic carbocycles. The monoisotopic (exact) mass is 308 g/mol. The van der Waals surface area contributed by atoms with Gasteiger partial charge in [0.05, 0.1) is 20.3 Å². The zero-order valence-corrected chi connectivity index (χ0v) is 13.2. The highest BCUT2D eigenvalue weighted by molar-refractivity contribution is 5.80. The van der Waals surface area contributed by atoms with E-state index in [0.29, 0.717) is 18.0 Å². The number of hydrogen-bond donors (Lipinski definition) is 1. The Morgan fingerprint density at radius 2 is 2.00 bits per heavy atom. The van der Waals surface area contributed by atoms with Gasteiger partial charge in [0.15, 0.2) is 17.6 Å². The molecule has 1 heterocycles. The molecule has 122 valence electrons. The molecular formula is C16H24N2O4. The topological polar surface area (TPSA) is 60.0 Å². The van der Waals surface area contributed by atoms with Crippen LogP contribution in [-0.4, -0.2) is 63.4 Å². The maximum Gasteiger partial charge on any atom is 0.260 e. The number of morpholine rings is 1. The number of methoxy groups -OCH3 is 1. The smallest absolute Gasteiger partial charge is 0.260 e. The normalized spacial score (nSPS) is 16.8. The van der Waals surface area contributed by atoms with Crippen molar-refractivity contribution in [2.24, 2.45) is 0 Å². The van der Waals surface area contributed by atoms with Gasteiger partial charge in [-0.05, 0) is 19.1 Å². The molecule has 0 aromatic heterocycles. The van der Waals surface area contributed by atoms with Gasteiger partial charge in [-0.1, -0.05) is 12.1 Å². The molecule has 1 atom stereocenters. The number of para-hydroxylation sites is 2. The molecule has 6 heteroatoms. The molecule has 1 aromatic rings. The molecule has 1 aliphatic heterocycles. The molecule has 1 fully saturated rings. The van der Waals surface area contributed by atoms with Crippen LogP contribution in [0.25, 0.3) is 0 Å². The predicted octanol–water partition coefficient (Wildman–Crippen LogP) is 0.911. The lowest BCUT2D eigenvalue weighted by Crippen LogP contribution is -2.43. The fraction of sp³-hybridized carbons (Fsp3) is 0.562. The average Bonchev–Trinajstić information content (AvgIpc) is 2.56. The van der Waals surface area contributed by atoms with Crippen molar-refractivity contribution in [2.75, 3.05) is 46.5 Å². The minimum absolute atomic E-state index is 0.126. The van der Waals surface area contributed by atoms with Crippen LogP contribution in [0, 0.1) is 0 Å². The van der Waals surface area contributed by atoms with Gasteiger partial charge < -0.3 is 19.5 Å². The molecule has 0 unspecified atom stereocenters. The highest BCUT2D eigenvalue weighted by Gasteiger charge is 2.17. The average molecular weight is 308 g/mol. The van der Waals surface area contributed by atoms with E-state index in [4.69, 9.17) is 14.2 Å². The third kappa shape index (κ3) is 4.89. The lowest BCUT2D eigenvalue weighted by atomic mass is 10.3. The number of ether oxygens (including phenoxy) is 3. The van der Waals surface area contributed by atoms with Crippen molar-refractivity contribution < 1.29 is 19.0 Å². The molecule has 0 radical (unpaired) electrons. The molecule has 0 saturated carbocycles. The second-order valence-corrected chi connectivity index (χ2v) is 5.16. The Bertz CT molecular complexity index is 475. The number of carbonyl (C=O) groups excluding carboxylic acids is 1. The second-order valence-electron chi connectivity index (χ2n) is 5.16. The van der Waals surface area contributed by atoms with Gasteiger partial charge >= 0.3 is 0 Å². The summed E-state index contributed by atoms with van der Waals surface area (Å²) in [5.41, 5.74) is 0. The summed E-state index contributed by atoms with van der Waals surface area (Å²) in [6, 6.07) is 7.30. The van der Waals surface area contributed by atoms with Crippen LogP contribution in [0.3, 0.4) is 0 Å². The maximum atomic E-state index is 12.1. The first kappa shape index (κ1) is 16.6. The molecule has 1 saturated heterocycles. The maximum absolute atomic E-state index is 12.1. The Balaban J connectivity index is 1.74. The minimum atomic E-state index is -0.569. The summed E-state index contributed by atoms with van der Waals surface area (Å²) in [6.07, 6.45) is -0.569. The van der Waals surface area contributed by atoms with Crippen LogP contribution in [0.5, 0.6) is 11.5 Å². The summed E-state index contributed by atoms with van der Waals surface area (Å²) < 4.78 is 16.2. The first-order valence-corrected chi connectivity index (χ1v) is 7.58. The lowest BCUT2D eigenvalue weighted by molar-refractivity contribution is -0.127. The highest BCUT2D eigenvalue weighted by Crippen LogP contribution is 2.26. The second kappa shape index (κ2) is 8.60. The van der Waals surface area contributed by atoms with E-state index in [1.165, 1.54) is 0 Å². The first-order valence-electron chi connectivity index (χ1n) is 7.58. The zero-order chi connectivity index (χ0) is 15.8. The van der Waals surface area contributed by atoms with Crippen molar-refractivity contribution >= 4 is 5.91 Å². The van der Waals surface area contributed by atoms with Gasteiger partial charge in [-0.2, -0.15) is 0 Å². The molecule has 1 aliphatic rings. The van der Waals surface area contributed by atoms with Gasteiger partial charge in [-0.15, -0.1) is 0 Å². The van der Waals surface area contributed by atoms with E-state index in [-0.39, 0.29) is 5.91 Å². The summed E-state index contributed by atoms with van der Waals surface area (Å²) in [5.74, 6) is 1.07. The van der Waals surface area contributed by atoms with Crippen LogP contribution in [-0.2, 0) is 9.53 Å². The van der Waals surface area contributed by atoms with Crippen LogP contribution in [0.15, 0.2) is 24.3 Å². The van der Waals surface area contributed by atoms with E-state index in [9.17, 15) is 4.79 Å². The molecule has 1 amide bonds. The third-order valence-electron chi connectivity index (χ3n) is 3.57. The summed E-state index contributed by atoms with van der Waals surface area (Å²) in [4.78, 5) is 14.3. The van der Waals surface area contributed by atoms with E-state index >= 15 is 0 Å². The molecular weight excluding hydrogens is 284 g/mol. The summed E-state index contributed by atoms with van der Waals surface area (Å²) >= 11 is 0. The number of nitrogens with zero attached hydrogens (tertiary/aromatic N) is 1. The van der Waals surface area contributed by atoms with Gasteiger partial charge in [0.25, 0.3) is 5.91 Å². The predicted molar refractivity (Wildman–Crippen MR) is 83.4 cm³/mol. The number of nitrogens with one attached hydrogen (secondary N) is 1. The van der Waals surface area contributed by atoms with Crippen molar-refractivity contribution in [1.29, 1.82) is 0 Å². The van der Waals surface area contributed by atoms with Crippen LogP contribution < -0.4 is 14.8 Å². The van der Waals surface area contributed by atoms with Crippen molar-refractivity contribution in [3.63, 3.8) is 0 Å². The SMILES string of the molecule is COc1ccccc1O[C@H](C)C(=O)NCCN1CCOCC1. The molecule has 0 spiro atoms. The Kier molecular flexibility index (Phi) is 6.48. The molecule has 1 aromatic carbocycles. The fourth-order valence-electron chi connectivity index (χ4n) is 2.27. The number of amides is 1. The van der Waals surface area contributed by atoms with Crippen LogP contribution in [0.4, 0.5) is 0 Å². The Morgan fingerprint density at radius 1 is 1.32 bits per heavy atom. The number of hydrogen-bond acceptors (Lipinski definition) is 5. The molecule has 2 rings (SSSR count). The Labute approximate surface area is 131 Å². The van der Waals surface area contributed by atoms with Crippen molar-refractivity contribution in [3.8, 4) is 11.5 Å². The van der Waals surface area contributed by atoms with Crippen LogP contribution in [0.1, 0.15) is 6.92 Å². The van der Waals surface area contributed by atoms with Gasteiger partial charge in [-0.25, -0.2) is 0 Å². The molecule has 0 bridgehead atoms. The van der Waals surface area contributed by atoms with E-state index < -0.39 is 6.10 Å². The van der Waals surface area contributed by atoms with Gasteiger partial charge in [0, 0.05) is 26.2 Å². The lowest BCUT2D eigenvalue weighted by Gasteiger charge is -2.26. The Hall–Kier alpha value is -1.79. The minimum Gasteiger partial charge on any atom is -0.493 e. The highest BCUT2D eigenvalue weighted by atomic mass is 16.5. The third-order valence-corrected chi connectivity index (χ3v) is 3.57. The van der Waals surface area contributed by atoms with E-state index in [1.54, 1.807) is 26.2 Å². The van der Waals surface area contributed by atoms with Crippen molar-refractivity contribution in [3.05, 3.63) is 24.3 Å². The van der Waals surface area contributed by atoms with Crippen molar-refractivity contribution in [1.82, 2.24) is 10.2 Å². The first-order chi connectivity index (χ1) is 10.7.